The summed E-state index contributed by atoms with van der Waals surface area (Å²) >= 11 is 0. The summed E-state index contributed by atoms with van der Waals surface area (Å²) < 4.78 is 11.9. The highest BCUT2D eigenvalue weighted by molar-refractivity contribution is 14.0. The van der Waals surface area contributed by atoms with Gasteiger partial charge in [0.15, 0.2) is 5.96 Å². The molecule has 0 saturated carbocycles. The molecule has 0 aromatic carbocycles. The van der Waals surface area contributed by atoms with Gasteiger partial charge in [-0.05, 0) is 51.4 Å². The molecule has 1 N–H and O–H groups in total. The molecule has 2 fully saturated rings. The quantitative estimate of drug-likeness (QED) is 0.222. The highest BCUT2D eigenvalue weighted by Crippen LogP contribution is 2.18. The minimum Gasteiger partial charge on any atom is -0.376 e. The number of nitrogens with zero attached hydrogens (tertiary/aromatic N) is 2. The average Bonchev–Trinajstić information content (AvgIpc) is 2.66. The molecule has 0 amide bonds. The number of rotatable bonds is 9. The molecule has 160 valence electrons. The maximum absolute atomic E-state index is 6.13. The van der Waals surface area contributed by atoms with E-state index in [1.54, 1.807) is 0 Å². The lowest BCUT2D eigenvalue weighted by Crippen LogP contribution is -2.47. The van der Waals surface area contributed by atoms with Gasteiger partial charge in [-0.3, -0.25) is 4.99 Å². The average molecular weight is 495 g/mol. The zero-order valence-electron chi connectivity index (χ0n) is 17.8. The van der Waals surface area contributed by atoms with Crippen LogP contribution in [0.1, 0.15) is 72.1 Å². The fourth-order valence-corrected chi connectivity index (χ4v) is 3.69. The van der Waals surface area contributed by atoms with Crippen molar-refractivity contribution in [1.82, 2.24) is 10.2 Å². The molecule has 1 atom stereocenters. The molecule has 27 heavy (non-hydrogen) atoms. The van der Waals surface area contributed by atoms with E-state index in [1.165, 1.54) is 32.1 Å². The van der Waals surface area contributed by atoms with Crippen LogP contribution in [0.2, 0.25) is 0 Å². The standard InChI is InChI=1S/C21H41N3O2.HI/c1-4-22-21(23-13-7-5-9-18(2)3)24-14-11-19(12-15-24)26-17-20-10-6-8-16-25-20;/h18-20H,4-17H2,1-3H3,(H,22,23);1H. The fraction of sp³-hybridized carbons (Fsp3) is 0.952. The first-order chi connectivity index (χ1) is 12.7. The summed E-state index contributed by atoms with van der Waals surface area (Å²) in [5.74, 6) is 1.89. The van der Waals surface area contributed by atoms with Crippen molar-refractivity contribution < 1.29 is 9.47 Å². The lowest BCUT2D eigenvalue weighted by atomic mass is 10.1. The third-order valence-electron chi connectivity index (χ3n) is 5.32. The van der Waals surface area contributed by atoms with Crippen molar-refractivity contribution in [2.24, 2.45) is 10.9 Å². The van der Waals surface area contributed by atoms with Gasteiger partial charge in [0.2, 0.25) is 0 Å². The van der Waals surface area contributed by atoms with Crippen molar-refractivity contribution in [3.8, 4) is 0 Å². The van der Waals surface area contributed by atoms with Crippen molar-refractivity contribution >= 4 is 29.9 Å². The van der Waals surface area contributed by atoms with Crippen LogP contribution in [-0.2, 0) is 9.47 Å². The van der Waals surface area contributed by atoms with Crippen LogP contribution in [0.25, 0.3) is 0 Å². The molecule has 2 aliphatic rings. The molecule has 0 aliphatic carbocycles. The predicted octanol–water partition coefficient (Wildman–Crippen LogP) is 4.45. The van der Waals surface area contributed by atoms with Crippen LogP contribution in [0.3, 0.4) is 0 Å². The smallest absolute Gasteiger partial charge is 0.193 e. The molecule has 0 radical (unpaired) electrons. The van der Waals surface area contributed by atoms with Crippen molar-refractivity contribution in [3.05, 3.63) is 0 Å². The van der Waals surface area contributed by atoms with Gasteiger partial charge in [-0.2, -0.15) is 0 Å². The second-order valence-corrected chi connectivity index (χ2v) is 8.13. The van der Waals surface area contributed by atoms with E-state index in [9.17, 15) is 0 Å². The van der Waals surface area contributed by atoms with Gasteiger partial charge in [-0.15, -0.1) is 24.0 Å². The Morgan fingerprint density at radius 1 is 1.19 bits per heavy atom. The van der Waals surface area contributed by atoms with Crippen LogP contribution >= 0.6 is 24.0 Å². The number of guanidine groups is 1. The topological polar surface area (TPSA) is 46.1 Å². The molecule has 6 heteroatoms. The normalized spacial score (nSPS) is 22.0. The predicted molar refractivity (Wildman–Crippen MR) is 124 cm³/mol. The summed E-state index contributed by atoms with van der Waals surface area (Å²) in [6.45, 7) is 12.3. The second kappa shape index (κ2) is 14.9. The van der Waals surface area contributed by atoms with Gasteiger partial charge < -0.3 is 19.7 Å². The maximum Gasteiger partial charge on any atom is 0.193 e. The number of likely N-dealkylation sites (tertiary alicyclic amines) is 1. The summed E-state index contributed by atoms with van der Waals surface area (Å²) in [6.07, 6.45) is 10.3. The first-order valence-corrected chi connectivity index (χ1v) is 11.0. The van der Waals surface area contributed by atoms with E-state index in [0.29, 0.717) is 12.2 Å². The highest BCUT2D eigenvalue weighted by atomic mass is 127. The lowest BCUT2D eigenvalue weighted by molar-refractivity contribution is -0.0721. The van der Waals surface area contributed by atoms with E-state index in [0.717, 1.165) is 70.5 Å². The Bertz CT molecular complexity index is 393. The van der Waals surface area contributed by atoms with E-state index in [4.69, 9.17) is 14.5 Å². The van der Waals surface area contributed by atoms with Crippen molar-refractivity contribution in [3.63, 3.8) is 0 Å². The molecule has 2 saturated heterocycles. The number of ether oxygens (including phenoxy) is 2. The Hall–Kier alpha value is -0.0800. The zero-order chi connectivity index (χ0) is 18.6. The molecule has 5 nitrogen and oxygen atoms in total. The molecule has 0 spiro atoms. The van der Waals surface area contributed by atoms with Crippen LogP contribution in [0.4, 0.5) is 0 Å². The largest absolute Gasteiger partial charge is 0.376 e. The van der Waals surface area contributed by atoms with Crippen molar-refractivity contribution in [2.75, 3.05) is 39.4 Å². The summed E-state index contributed by atoms with van der Waals surface area (Å²) in [5, 5.41) is 3.47. The Morgan fingerprint density at radius 2 is 1.96 bits per heavy atom. The van der Waals surface area contributed by atoms with Gasteiger partial charge in [-0.25, -0.2) is 0 Å². The van der Waals surface area contributed by atoms with Crippen LogP contribution in [-0.4, -0.2) is 62.5 Å². The Morgan fingerprint density at radius 3 is 2.59 bits per heavy atom. The molecule has 0 bridgehead atoms. The number of piperidine rings is 1. The third kappa shape index (κ3) is 10.3. The van der Waals surface area contributed by atoms with E-state index in [2.05, 4.69) is 31.0 Å². The molecule has 0 aromatic heterocycles. The molecular formula is C21H42IN3O2. The molecule has 2 heterocycles. The number of nitrogens with one attached hydrogen (secondary N) is 1. The summed E-state index contributed by atoms with van der Waals surface area (Å²) in [6, 6.07) is 0. The number of hydrogen-bond donors (Lipinski definition) is 1. The number of halogens is 1. The third-order valence-corrected chi connectivity index (χ3v) is 5.32. The minimum atomic E-state index is 0. The van der Waals surface area contributed by atoms with Crippen LogP contribution in [0.5, 0.6) is 0 Å². The van der Waals surface area contributed by atoms with Crippen LogP contribution in [0.15, 0.2) is 4.99 Å². The molecule has 0 aromatic rings. The fourth-order valence-electron chi connectivity index (χ4n) is 3.69. The summed E-state index contributed by atoms with van der Waals surface area (Å²) in [7, 11) is 0. The van der Waals surface area contributed by atoms with E-state index >= 15 is 0 Å². The van der Waals surface area contributed by atoms with Gasteiger partial charge in [0.1, 0.15) is 0 Å². The molecule has 2 aliphatic heterocycles. The summed E-state index contributed by atoms with van der Waals surface area (Å²) in [4.78, 5) is 7.25. The van der Waals surface area contributed by atoms with Crippen molar-refractivity contribution in [2.45, 2.75) is 84.3 Å². The number of aliphatic imine (C=N–C) groups is 1. The van der Waals surface area contributed by atoms with E-state index in [-0.39, 0.29) is 24.0 Å². The van der Waals surface area contributed by atoms with Crippen LogP contribution < -0.4 is 5.32 Å². The maximum atomic E-state index is 6.13. The summed E-state index contributed by atoms with van der Waals surface area (Å²) in [5.41, 5.74) is 0. The van der Waals surface area contributed by atoms with E-state index < -0.39 is 0 Å². The van der Waals surface area contributed by atoms with Gasteiger partial charge >= 0.3 is 0 Å². The number of hydrogen-bond acceptors (Lipinski definition) is 3. The van der Waals surface area contributed by atoms with Gasteiger partial charge in [-0.1, -0.05) is 26.7 Å². The second-order valence-electron chi connectivity index (χ2n) is 8.13. The van der Waals surface area contributed by atoms with E-state index in [1.807, 2.05) is 0 Å². The minimum absolute atomic E-state index is 0. The monoisotopic (exact) mass is 495 g/mol. The Balaban J connectivity index is 0.00000364. The SMILES string of the molecule is CCNC(=NCCCCC(C)C)N1CCC(OCC2CCCCO2)CC1.I. The zero-order valence-corrected chi connectivity index (χ0v) is 20.1. The molecule has 1 unspecified atom stereocenters. The Kier molecular flexibility index (Phi) is 13.7. The van der Waals surface area contributed by atoms with Crippen molar-refractivity contribution in [1.29, 1.82) is 0 Å². The first-order valence-electron chi connectivity index (χ1n) is 11.0. The first kappa shape index (κ1) is 25.0. The van der Waals surface area contributed by atoms with Gasteiger partial charge in [0.25, 0.3) is 0 Å². The molecular weight excluding hydrogens is 453 g/mol. The van der Waals surface area contributed by atoms with Crippen LogP contribution in [0, 0.1) is 5.92 Å². The van der Waals surface area contributed by atoms with Gasteiger partial charge in [0, 0.05) is 32.8 Å². The number of unbranched alkanes of at least 4 members (excludes halogenated alkanes) is 1. The van der Waals surface area contributed by atoms with Gasteiger partial charge in [0.05, 0.1) is 18.8 Å². The molecule has 2 rings (SSSR count). The highest BCUT2D eigenvalue weighted by Gasteiger charge is 2.23. The lowest BCUT2D eigenvalue weighted by Gasteiger charge is -2.35. The Labute approximate surface area is 184 Å².